The van der Waals surface area contributed by atoms with E-state index < -0.39 is 12.0 Å². The minimum absolute atomic E-state index is 0.113. The van der Waals surface area contributed by atoms with Gasteiger partial charge in [0.05, 0.1) is 31.7 Å². The lowest BCUT2D eigenvalue weighted by molar-refractivity contribution is -0.149. The van der Waals surface area contributed by atoms with Crippen molar-refractivity contribution in [3.05, 3.63) is 42.2 Å². The summed E-state index contributed by atoms with van der Waals surface area (Å²) in [6.07, 6.45) is 1.85. The monoisotopic (exact) mass is 473 g/mol. The molecule has 0 spiro atoms. The number of morpholine rings is 1. The van der Waals surface area contributed by atoms with E-state index in [1.54, 1.807) is 36.4 Å². The number of furan rings is 1. The van der Waals surface area contributed by atoms with E-state index in [-0.39, 0.29) is 19.8 Å². The number of amides is 2. The van der Waals surface area contributed by atoms with Crippen molar-refractivity contribution in [2.24, 2.45) is 5.10 Å². The molecular weight excluding hydrogens is 446 g/mol. The number of nitrogens with zero attached hydrogens (tertiary/aromatic N) is 4. The van der Waals surface area contributed by atoms with Crippen molar-refractivity contribution in [3.8, 4) is 11.3 Å². The highest BCUT2D eigenvalue weighted by molar-refractivity contribution is 5.81. The van der Waals surface area contributed by atoms with Gasteiger partial charge in [0.25, 0.3) is 0 Å². The van der Waals surface area contributed by atoms with E-state index in [2.05, 4.69) is 10.6 Å². The molecule has 0 radical (unpaired) electrons. The number of benzene rings is 1. The molecule has 12 nitrogen and oxygen atoms in total. The molecule has 2 amide bonds. The number of anilines is 1. The van der Waals surface area contributed by atoms with Crippen LogP contribution in [0, 0.1) is 0 Å². The van der Waals surface area contributed by atoms with Gasteiger partial charge in [-0.2, -0.15) is 5.10 Å². The van der Waals surface area contributed by atoms with Gasteiger partial charge in [-0.1, -0.05) is 0 Å². The Bertz CT molecular complexity index is 986. The molecule has 1 aromatic heterocycles. The molecule has 2 heterocycles. The second kappa shape index (κ2) is 12.5. The van der Waals surface area contributed by atoms with Crippen LogP contribution < -0.4 is 5.48 Å². The molecule has 1 aliphatic heterocycles. The van der Waals surface area contributed by atoms with Gasteiger partial charge in [-0.25, -0.2) is 9.80 Å². The van der Waals surface area contributed by atoms with Crippen molar-refractivity contribution in [2.75, 3.05) is 58.7 Å². The fraction of sp³-hybridized carbons (Fsp3) is 0.364. The fourth-order valence-electron chi connectivity index (χ4n) is 3.07. The summed E-state index contributed by atoms with van der Waals surface area (Å²) in [6.45, 7) is 1.96. The van der Waals surface area contributed by atoms with E-state index in [9.17, 15) is 14.4 Å². The summed E-state index contributed by atoms with van der Waals surface area (Å²) in [5.41, 5.74) is 3.37. The summed E-state index contributed by atoms with van der Waals surface area (Å²) in [5, 5.41) is 13.9. The van der Waals surface area contributed by atoms with Crippen LogP contribution in [-0.4, -0.2) is 97.7 Å². The smallest absolute Gasteiger partial charge is 0.343 e. The maximum atomic E-state index is 12.6. The molecule has 12 heteroatoms. The van der Waals surface area contributed by atoms with Crippen molar-refractivity contribution >= 4 is 30.2 Å². The van der Waals surface area contributed by atoms with Crippen molar-refractivity contribution in [1.29, 1.82) is 0 Å². The molecule has 0 aliphatic carbocycles. The highest BCUT2D eigenvalue weighted by Gasteiger charge is 2.20. The molecule has 1 aliphatic rings. The van der Waals surface area contributed by atoms with Crippen molar-refractivity contribution in [3.63, 3.8) is 0 Å². The first kappa shape index (κ1) is 24.9. The molecule has 0 bridgehead atoms. The average Bonchev–Trinajstić information content (AvgIpc) is 3.34. The van der Waals surface area contributed by atoms with Gasteiger partial charge in [0.15, 0.2) is 6.73 Å². The Morgan fingerprint density at radius 2 is 1.94 bits per heavy atom. The molecule has 182 valence electrons. The summed E-state index contributed by atoms with van der Waals surface area (Å²) in [6, 6.07) is 9.65. The van der Waals surface area contributed by atoms with Crippen LogP contribution >= 0.6 is 0 Å². The topological polar surface area (TPSA) is 137 Å². The number of hydrazone groups is 1. The second-order valence-electron chi connectivity index (χ2n) is 7.40. The maximum absolute atomic E-state index is 12.6. The van der Waals surface area contributed by atoms with Gasteiger partial charge < -0.3 is 18.7 Å². The molecule has 1 fully saturated rings. The lowest BCUT2D eigenvalue weighted by Crippen LogP contribution is -2.43. The Balaban J connectivity index is 1.54. The predicted octanol–water partition coefficient (Wildman–Crippen LogP) is 1.47. The molecule has 1 saturated heterocycles. The molecule has 2 N–H and O–H groups in total. The molecule has 1 aromatic carbocycles. The summed E-state index contributed by atoms with van der Waals surface area (Å²) in [7, 11) is 1.44. The third kappa shape index (κ3) is 7.13. The quantitative estimate of drug-likeness (QED) is 0.173. The number of carbonyl (C=O) groups excluding carboxylic acids is 3. The van der Waals surface area contributed by atoms with Crippen molar-refractivity contribution in [1.82, 2.24) is 14.8 Å². The van der Waals surface area contributed by atoms with Crippen LogP contribution in [0.1, 0.15) is 5.76 Å². The SMILES string of the molecule is CN(COC(=O)CN1CCOCC1)C(=O)N(CC=O)/N=C/c1ccc(-c2ccc(NO)cc2)o1. The third-order valence-corrected chi connectivity index (χ3v) is 4.92. The zero-order valence-electron chi connectivity index (χ0n) is 18.8. The highest BCUT2D eigenvalue weighted by atomic mass is 16.5. The Morgan fingerprint density at radius 3 is 2.62 bits per heavy atom. The number of esters is 1. The Labute approximate surface area is 196 Å². The second-order valence-corrected chi connectivity index (χ2v) is 7.40. The first-order valence-electron chi connectivity index (χ1n) is 10.6. The van der Waals surface area contributed by atoms with Gasteiger partial charge >= 0.3 is 12.0 Å². The third-order valence-electron chi connectivity index (χ3n) is 4.92. The number of ether oxygens (including phenoxy) is 2. The Morgan fingerprint density at radius 1 is 1.21 bits per heavy atom. The van der Waals surface area contributed by atoms with E-state index in [0.717, 1.165) is 15.5 Å². The molecule has 0 saturated carbocycles. The van der Waals surface area contributed by atoms with Crippen LogP contribution in [0.5, 0.6) is 0 Å². The molecule has 0 atom stereocenters. The van der Waals surface area contributed by atoms with Gasteiger partial charge in [0.1, 0.15) is 24.4 Å². The van der Waals surface area contributed by atoms with Crippen molar-refractivity contribution < 1.29 is 33.5 Å². The number of urea groups is 1. The number of hydrogen-bond donors (Lipinski definition) is 2. The number of nitrogens with one attached hydrogen (secondary N) is 1. The number of carbonyl (C=O) groups is 3. The first-order valence-corrected chi connectivity index (χ1v) is 10.6. The molecule has 0 unspecified atom stereocenters. The zero-order chi connectivity index (χ0) is 24.3. The fourth-order valence-corrected chi connectivity index (χ4v) is 3.07. The predicted molar refractivity (Wildman–Crippen MR) is 121 cm³/mol. The average molecular weight is 473 g/mol. The van der Waals surface area contributed by atoms with Gasteiger partial charge in [0.2, 0.25) is 0 Å². The normalized spacial score (nSPS) is 14.1. The van der Waals surface area contributed by atoms with E-state index in [1.807, 2.05) is 4.90 Å². The van der Waals surface area contributed by atoms with Gasteiger partial charge in [-0.3, -0.25) is 25.3 Å². The lowest BCUT2D eigenvalue weighted by atomic mass is 10.1. The summed E-state index contributed by atoms with van der Waals surface area (Å²) in [4.78, 5) is 38.8. The minimum atomic E-state index is -0.624. The van der Waals surface area contributed by atoms with E-state index in [1.165, 1.54) is 13.3 Å². The summed E-state index contributed by atoms with van der Waals surface area (Å²) in [5.74, 6) is 0.462. The van der Waals surface area contributed by atoms with Crippen LogP contribution in [-0.2, 0) is 19.1 Å². The van der Waals surface area contributed by atoms with Gasteiger partial charge in [-0.15, -0.1) is 0 Å². The Kier molecular flexibility index (Phi) is 9.14. The number of rotatable bonds is 10. The largest absolute Gasteiger partial charge is 0.455 e. The molecular formula is C22H27N5O7. The summed E-state index contributed by atoms with van der Waals surface area (Å²) >= 11 is 0. The van der Waals surface area contributed by atoms with Crippen LogP contribution in [0.15, 0.2) is 45.9 Å². The van der Waals surface area contributed by atoms with Crippen LogP contribution in [0.25, 0.3) is 11.3 Å². The standard InChI is InChI=1S/C22H27N5O7/c1-25(16-33-21(29)15-26-9-12-32-13-10-26)22(30)27(8-11-28)23-14-19-6-7-20(34-19)17-2-4-18(24-31)5-3-17/h2-7,11,14,24,31H,8-10,12-13,15-16H2,1H3/b23-14+. The number of aldehydes is 1. The van der Waals surface area contributed by atoms with Crippen LogP contribution in [0.3, 0.4) is 0 Å². The van der Waals surface area contributed by atoms with Crippen LogP contribution in [0.2, 0.25) is 0 Å². The number of hydrogen-bond acceptors (Lipinski definition) is 10. The maximum Gasteiger partial charge on any atom is 0.343 e. The molecule has 34 heavy (non-hydrogen) atoms. The van der Waals surface area contributed by atoms with Gasteiger partial charge in [-0.05, 0) is 36.4 Å². The molecule has 2 aromatic rings. The van der Waals surface area contributed by atoms with E-state index in [0.29, 0.717) is 49.8 Å². The summed E-state index contributed by atoms with van der Waals surface area (Å²) < 4.78 is 16.1. The zero-order valence-corrected chi connectivity index (χ0v) is 18.8. The minimum Gasteiger partial charge on any atom is -0.455 e. The van der Waals surface area contributed by atoms with Crippen molar-refractivity contribution in [2.45, 2.75) is 0 Å². The lowest BCUT2D eigenvalue weighted by Gasteiger charge is -2.26. The van der Waals surface area contributed by atoms with Crippen LogP contribution in [0.4, 0.5) is 10.5 Å². The molecule has 3 rings (SSSR count). The van der Waals surface area contributed by atoms with E-state index >= 15 is 0 Å². The highest BCUT2D eigenvalue weighted by Crippen LogP contribution is 2.23. The first-order chi connectivity index (χ1) is 16.5. The van der Waals surface area contributed by atoms with Gasteiger partial charge in [0, 0.05) is 25.7 Å². The Hall–Kier alpha value is -3.74. The van der Waals surface area contributed by atoms with E-state index in [4.69, 9.17) is 19.1 Å².